The van der Waals surface area contributed by atoms with E-state index in [1.165, 1.54) is 101 Å². The molecule has 0 radical (unpaired) electrons. The number of hydrogen-bond donors (Lipinski definition) is 2. The standard InChI is InChI=1S/C16H36N.C10H13NO6S/c1-5-9-13-17(14-10-6-2,15-11-7-3)16-12-8-4;1-17-9(13)5-6-11-7-3-2-4-8(12)10(7)18(14,15)16/h5-16H2,1-4H3;2-4,11-12H,5-6H2,1H3,(H,14,15,16)/q+1;/p-1. The van der Waals surface area contributed by atoms with Gasteiger partial charge in [0, 0.05) is 6.54 Å². The summed E-state index contributed by atoms with van der Waals surface area (Å²) in [6.45, 7) is 15.1. The van der Waals surface area contributed by atoms with E-state index < -0.39 is 26.7 Å². The van der Waals surface area contributed by atoms with Gasteiger partial charge in [0.15, 0.2) is 0 Å². The van der Waals surface area contributed by atoms with Crippen LogP contribution in [0.1, 0.15) is 85.5 Å². The SMILES string of the molecule is CCCC[N+](CCCC)(CCCC)CCCC.COC(=O)CCNc1cccc(O)c1S(=O)(=O)[O-]. The smallest absolute Gasteiger partial charge is 0.307 e. The quantitative estimate of drug-likeness (QED) is 0.164. The fourth-order valence-electron chi connectivity index (χ4n) is 3.97. The van der Waals surface area contributed by atoms with E-state index in [1.54, 1.807) is 0 Å². The highest BCUT2D eigenvalue weighted by molar-refractivity contribution is 7.86. The van der Waals surface area contributed by atoms with E-state index in [4.69, 9.17) is 0 Å². The number of nitrogens with zero attached hydrogens (tertiary/aromatic N) is 1. The number of quaternary nitrogens is 1. The molecule has 0 aliphatic rings. The Morgan fingerprint density at radius 1 is 0.943 bits per heavy atom. The second kappa shape index (κ2) is 18.4. The summed E-state index contributed by atoms with van der Waals surface area (Å²) in [6, 6.07) is 3.79. The summed E-state index contributed by atoms with van der Waals surface area (Å²) in [5, 5.41) is 12.0. The maximum Gasteiger partial charge on any atom is 0.307 e. The molecule has 0 saturated heterocycles. The van der Waals surface area contributed by atoms with Crippen LogP contribution >= 0.6 is 0 Å². The first-order chi connectivity index (χ1) is 16.6. The molecule has 204 valence electrons. The lowest BCUT2D eigenvalue weighted by Gasteiger charge is -2.39. The van der Waals surface area contributed by atoms with Gasteiger partial charge in [-0.3, -0.25) is 4.79 Å². The Labute approximate surface area is 213 Å². The number of ether oxygens (including phenoxy) is 1. The zero-order chi connectivity index (χ0) is 26.7. The Bertz CT molecular complexity index is 777. The Morgan fingerprint density at radius 2 is 1.40 bits per heavy atom. The number of hydrogen-bond acceptors (Lipinski definition) is 7. The molecule has 8 nitrogen and oxygen atoms in total. The number of carbonyl (C=O) groups excluding carboxylic acids is 1. The van der Waals surface area contributed by atoms with Crippen LogP contribution in [0, 0.1) is 0 Å². The Hall–Kier alpha value is -1.84. The third-order valence-corrected chi connectivity index (χ3v) is 6.99. The molecule has 0 amide bonds. The molecule has 0 unspecified atom stereocenters. The molecular formula is C26H48N2O6S. The molecule has 1 rings (SSSR count). The van der Waals surface area contributed by atoms with Crippen molar-refractivity contribution in [2.24, 2.45) is 0 Å². The van der Waals surface area contributed by atoms with Gasteiger partial charge >= 0.3 is 5.97 Å². The van der Waals surface area contributed by atoms with Crippen molar-refractivity contribution in [2.45, 2.75) is 90.4 Å². The van der Waals surface area contributed by atoms with E-state index in [0.717, 1.165) is 6.07 Å². The number of carbonyl (C=O) groups is 1. The monoisotopic (exact) mass is 516 g/mol. The molecule has 0 spiro atoms. The maximum absolute atomic E-state index is 11.0. The molecule has 1 aromatic carbocycles. The third kappa shape index (κ3) is 13.7. The highest BCUT2D eigenvalue weighted by Gasteiger charge is 2.24. The summed E-state index contributed by atoms with van der Waals surface area (Å²) >= 11 is 0. The molecule has 0 aliphatic heterocycles. The van der Waals surface area contributed by atoms with Crippen LogP contribution in [0.4, 0.5) is 5.69 Å². The van der Waals surface area contributed by atoms with Crippen LogP contribution in [0.5, 0.6) is 5.75 Å². The Balaban J connectivity index is 0.000000662. The van der Waals surface area contributed by atoms with Crippen LogP contribution in [0.2, 0.25) is 0 Å². The van der Waals surface area contributed by atoms with Crippen LogP contribution in [-0.4, -0.2) is 68.4 Å². The molecule has 0 saturated carbocycles. The van der Waals surface area contributed by atoms with Crippen molar-refractivity contribution >= 4 is 21.8 Å². The number of rotatable bonds is 17. The fraction of sp³-hybridized carbons (Fsp3) is 0.731. The molecular weight excluding hydrogens is 468 g/mol. The van der Waals surface area contributed by atoms with Crippen LogP contribution in [-0.2, 0) is 19.6 Å². The van der Waals surface area contributed by atoms with Crippen LogP contribution in [0.25, 0.3) is 0 Å². The van der Waals surface area contributed by atoms with Gasteiger partial charge < -0.3 is 24.2 Å². The number of esters is 1. The van der Waals surface area contributed by atoms with Crippen molar-refractivity contribution in [2.75, 3.05) is 45.2 Å². The minimum atomic E-state index is -4.80. The van der Waals surface area contributed by atoms with Crippen molar-refractivity contribution in [1.82, 2.24) is 0 Å². The maximum atomic E-state index is 11.0. The van der Waals surface area contributed by atoms with E-state index in [1.807, 2.05) is 0 Å². The van der Waals surface area contributed by atoms with Gasteiger partial charge in [-0.1, -0.05) is 59.4 Å². The average Bonchev–Trinajstić information content (AvgIpc) is 2.82. The molecule has 1 aromatic rings. The van der Waals surface area contributed by atoms with Gasteiger partial charge in [-0.2, -0.15) is 0 Å². The largest absolute Gasteiger partial charge is 0.744 e. The summed E-state index contributed by atoms with van der Waals surface area (Å²) in [5.41, 5.74) is -0.0473. The van der Waals surface area contributed by atoms with Crippen molar-refractivity contribution in [3.05, 3.63) is 18.2 Å². The number of aromatic hydroxyl groups is 1. The fourth-order valence-corrected chi connectivity index (χ4v) is 4.71. The topological polar surface area (TPSA) is 116 Å². The zero-order valence-corrected chi connectivity index (χ0v) is 23.3. The van der Waals surface area contributed by atoms with Gasteiger partial charge in [0.25, 0.3) is 0 Å². The second-order valence-electron chi connectivity index (χ2n) is 9.01. The van der Waals surface area contributed by atoms with Gasteiger partial charge in [-0.25, -0.2) is 8.42 Å². The van der Waals surface area contributed by atoms with Gasteiger partial charge in [-0.05, 0) is 37.8 Å². The molecule has 0 atom stereocenters. The number of phenols is 1. The number of benzene rings is 1. The molecule has 35 heavy (non-hydrogen) atoms. The summed E-state index contributed by atoms with van der Waals surface area (Å²) in [6.07, 6.45) is 11.1. The van der Waals surface area contributed by atoms with Crippen molar-refractivity contribution in [1.29, 1.82) is 0 Å². The van der Waals surface area contributed by atoms with Crippen LogP contribution < -0.4 is 5.32 Å². The normalized spacial score (nSPS) is 11.5. The highest BCUT2D eigenvalue weighted by atomic mass is 32.2. The predicted octanol–water partition coefficient (Wildman–Crippen LogP) is 5.27. The summed E-state index contributed by atoms with van der Waals surface area (Å²) in [7, 11) is -3.57. The van der Waals surface area contributed by atoms with Crippen molar-refractivity contribution in [3.63, 3.8) is 0 Å². The highest BCUT2D eigenvalue weighted by Crippen LogP contribution is 2.29. The van der Waals surface area contributed by atoms with Crippen LogP contribution in [0.15, 0.2) is 23.1 Å². The van der Waals surface area contributed by atoms with Gasteiger partial charge in [0.2, 0.25) is 0 Å². The minimum Gasteiger partial charge on any atom is -0.744 e. The first kappa shape index (κ1) is 33.2. The molecule has 0 aliphatic carbocycles. The summed E-state index contributed by atoms with van der Waals surface area (Å²) < 4.78 is 38.8. The lowest BCUT2D eigenvalue weighted by atomic mass is 10.1. The first-order valence-corrected chi connectivity index (χ1v) is 14.4. The number of phenolic OH excluding ortho intramolecular Hbond substituents is 1. The van der Waals surface area contributed by atoms with Gasteiger partial charge in [-0.15, -0.1) is 0 Å². The number of unbranched alkanes of at least 4 members (excludes halogenated alkanes) is 4. The lowest BCUT2D eigenvalue weighted by Crippen LogP contribution is -2.50. The Kier molecular flexibility index (Phi) is 17.5. The predicted molar refractivity (Wildman–Crippen MR) is 141 cm³/mol. The van der Waals surface area contributed by atoms with Gasteiger partial charge in [0.1, 0.15) is 20.8 Å². The van der Waals surface area contributed by atoms with Gasteiger partial charge in [0.05, 0.1) is 45.4 Å². The average molecular weight is 517 g/mol. The van der Waals surface area contributed by atoms with E-state index >= 15 is 0 Å². The minimum absolute atomic E-state index is 0.00447. The van der Waals surface area contributed by atoms with Crippen LogP contribution in [0.3, 0.4) is 0 Å². The van der Waals surface area contributed by atoms with E-state index in [-0.39, 0.29) is 18.7 Å². The number of nitrogens with one attached hydrogen (secondary N) is 1. The molecule has 0 aromatic heterocycles. The molecule has 0 fully saturated rings. The lowest BCUT2D eigenvalue weighted by molar-refractivity contribution is -0.929. The molecule has 0 bridgehead atoms. The molecule has 9 heteroatoms. The third-order valence-electron chi connectivity index (χ3n) is 6.06. The molecule has 0 heterocycles. The molecule has 2 N–H and O–H groups in total. The number of anilines is 1. The summed E-state index contributed by atoms with van der Waals surface area (Å²) in [4.78, 5) is 10.1. The zero-order valence-electron chi connectivity index (χ0n) is 22.5. The van der Waals surface area contributed by atoms with E-state index in [9.17, 15) is 22.9 Å². The van der Waals surface area contributed by atoms with Crippen molar-refractivity contribution < 1.29 is 32.1 Å². The summed E-state index contributed by atoms with van der Waals surface area (Å²) in [5.74, 6) is -1.11. The first-order valence-electron chi connectivity index (χ1n) is 13.0. The van der Waals surface area contributed by atoms with Crippen molar-refractivity contribution in [3.8, 4) is 5.75 Å². The Morgan fingerprint density at radius 3 is 1.77 bits per heavy atom. The number of methoxy groups -OCH3 is 1. The van der Waals surface area contributed by atoms with E-state index in [0.29, 0.717) is 0 Å². The second-order valence-corrected chi connectivity index (χ2v) is 10.3. The van der Waals surface area contributed by atoms with E-state index in [2.05, 4.69) is 37.7 Å².